The number of aliphatic hydroxyl groups excluding tert-OH is 1. The normalized spacial score (nSPS) is 31.4. The van der Waals surface area contributed by atoms with Gasteiger partial charge in [-0.25, -0.2) is 0 Å². The first-order valence-corrected chi connectivity index (χ1v) is 8.22. The number of amides is 1. The van der Waals surface area contributed by atoms with Crippen LogP contribution in [0.25, 0.3) is 0 Å². The van der Waals surface area contributed by atoms with Crippen LogP contribution >= 0.6 is 0 Å². The van der Waals surface area contributed by atoms with Crippen molar-refractivity contribution in [2.45, 2.75) is 63.5 Å². The Morgan fingerprint density at radius 2 is 2.00 bits per heavy atom. The number of hydrogen-bond acceptors (Lipinski definition) is 3. The van der Waals surface area contributed by atoms with Gasteiger partial charge in [0.15, 0.2) is 0 Å². The molecule has 0 spiro atoms. The highest BCUT2D eigenvalue weighted by atomic mass is 16.3. The second kappa shape index (κ2) is 7.41. The lowest BCUT2D eigenvalue weighted by Crippen LogP contribution is -2.46. The third-order valence-electron chi connectivity index (χ3n) is 5.02. The second-order valence-corrected chi connectivity index (χ2v) is 6.65. The average Bonchev–Trinajstić information content (AvgIpc) is 2.85. The highest BCUT2D eigenvalue weighted by Gasteiger charge is 2.36. The van der Waals surface area contributed by atoms with Gasteiger partial charge < -0.3 is 10.0 Å². The van der Waals surface area contributed by atoms with E-state index in [0.717, 1.165) is 25.9 Å². The van der Waals surface area contributed by atoms with E-state index in [1.54, 1.807) is 4.90 Å². The van der Waals surface area contributed by atoms with Gasteiger partial charge in [-0.15, -0.1) is 0 Å². The summed E-state index contributed by atoms with van der Waals surface area (Å²) in [5.74, 6) is 0.694. The van der Waals surface area contributed by atoms with E-state index in [1.165, 1.54) is 32.1 Å². The topological polar surface area (TPSA) is 43.8 Å². The number of hydrogen-bond donors (Lipinski definition) is 1. The summed E-state index contributed by atoms with van der Waals surface area (Å²) in [6.45, 7) is 2.15. The quantitative estimate of drug-likeness (QED) is 0.837. The lowest BCUT2D eigenvalue weighted by Gasteiger charge is -2.40. The third-order valence-corrected chi connectivity index (χ3v) is 5.02. The van der Waals surface area contributed by atoms with Gasteiger partial charge in [0.25, 0.3) is 0 Å². The molecule has 1 amide bonds. The standard InChI is InChI=1S/C16H30N2O2/c1-17(2)16(20)10-6-12-18-11-4-3-8-14(18)13-7-5-9-15(13)19/h13-15,19H,3-12H2,1-2H3. The first-order valence-electron chi connectivity index (χ1n) is 8.22. The molecule has 1 heterocycles. The molecule has 0 aromatic heterocycles. The van der Waals surface area contributed by atoms with Gasteiger partial charge in [0, 0.05) is 32.5 Å². The molecule has 0 radical (unpaired) electrons. The number of rotatable bonds is 5. The van der Waals surface area contributed by atoms with E-state index in [2.05, 4.69) is 4.90 Å². The van der Waals surface area contributed by atoms with Crippen molar-refractivity contribution in [2.24, 2.45) is 5.92 Å². The fourth-order valence-electron chi connectivity index (χ4n) is 3.85. The van der Waals surface area contributed by atoms with Crippen LogP contribution in [0.4, 0.5) is 0 Å². The maximum atomic E-state index is 11.6. The number of aliphatic hydroxyl groups is 1. The summed E-state index contributed by atoms with van der Waals surface area (Å²) >= 11 is 0. The zero-order valence-corrected chi connectivity index (χ0v) is 13.1. The highest BCUT2D eigenvalue weighted by Crippen LogP contribution is 2.35. The minimum atomic E-state index is -0.0935. The van der Waals surface area contributed by atoms with E-state index in [9.17, 15) is 9.90 Å². The van der Waals surface area contributed by atoms with E-state index in [4.69, 9.17) is 0 Å². The molecule has 1 saturated heterocycles. The predicted octanol–water partition coefficient (Wildman–Crippen LogP) is 1.87. The monoisotopic (exact) mass is 282 g/mol. The third kappa shape index (κ3) is 3.95. The van der Waals surface area contributed by atoms with E-state index in [1.807, 2.05) is 14.1 Å². The van der Waals surface area contributed by atoms with E-state index >= 15 is 0 Å². The lowest BCUT2D eigenvalue weighted by atomic mass is 9.87. The maximum Gasteiger partial charge on any atom is 0.222 e. The molecular weight excluding hydrogens is 252 g/mol. The summed E-state index contributed by atoms with van der Waals surface area (Å²) in [5, 5.41) is 10.2. The zero-order valence-electron chi connectivity index (χ0n) is 13.1. The van der Waals surface area contributed by atoms with Gasteiger partial charge in [0.1, 0.15) is 0 Å². The first kappa shape index (κ1) is 15.8. The van der Waals surface area contributed by atoms with Gasteiger partial charge in [-0.05, 0) is 45.2 Å². The molecule has 0 aromatic carbocycles. The molecule has 0 aromatic rings. The minimum absolute atomic E-state index is 0.0935. The van der Waals surface area contributed by atoms with Crippen molar-refractivity contribution in [3.63, 3.8) is 0 Å². The highest BCUT2D eigenvalue weighted by molar-refractivity contribution is 5.75. The van der Waals surface area contributed by atoms with E-state index < -0.39 is 0 Å². The molecule has 1 saturated carbocycles. The van der Waals surface area contributed by atoms with Crippen molar-refractivity contribution in [3.8, 4) is 0 Å². The van der Waals surface area contributed by atoms with E-state index in [0.29, 0.717) is 18.4 Å². The van der Waals surface area contributed by atoms with Gasteiger partial charge in [0.2, 0.25) is 5.91 Å². The molecule has 20 heavy (non-hydrogen) atoms. The van der Waals surface area contributed by atoms with Crippen molar-refractivity contribution in [1.29, 1.82) is 0 Å². The van der Waals surface area contributed by atoms with Crippen LogP contribution in [-0.2, 0) is 4.79 Å². The fourth-order valence-corrected chi connectivity index (χ4v) is 3.85. The Kier molecular flexibility index (Phi) is 5.85. The molecule has 1 aliphatic heterocycles. The number of nitrogens with zero attached hydrogens (tertiary/aromatic N) is 2. The Balaban J connectivity index is 1.82. The molecule has 3 unspecified atom stereocenters. The summed E-state index contributed by atoms with van der Waals surface area (Å²) in [5.41, 5.74) is 0. The van der Waals surface area contributed by atoms with Crippen molar-refractivity contribution < 1.29 is 9.90 Å². The van der Waals surface area contributed by atoms with Crippen LogP contribution in [-0.4, -0.2) is 60.1 Å². The van der Waals surface area contributed by atoms with Crippen LogP contribution in [0.2, 0.25) is 0 Å². The molecule has 2 fully saturated rings. The van der Waals surface area contributed by atoms with Crippen LogP contribution in [0, 0.1) is 5.92 Å². The van der Waals surface area contributed by atoms with Crippen molar-refractivity contribution in [1.82, 2.24) is 9.80 Å². The van der Waals surface area contributed by atoms with Gasteiger partial charge >= 0.3 is 0 Å². The van der Waals surface area contributed by atoms with Crippen LogP contribution in [0.5, 0.6) is 0 Å². The summed E-state index contributed by atoms with van der Waals surface area (Å²) in [6, 6.07) is 0.552. The molecule has 1 N–H and O–H groups in total. The molecular formula is C16H30N2O2. The molecule has 116 valence electrons. The van der Waals surface area contributed by atoms with Crippen LogP contribution < -0.4 is 0 Å². The molecule has 0 bridgehead atoms. The zero-order chi connectivity index (χ0) is 14.5. The number of piperidine rings is 1. The van der Waals surface area contributed by atoms with E-state index in [-0.39, 0.29) is 12.0 Å². The van der Waals surface area contributed by atoms with Crippen molar-refractivity contribution in [2.75, 3.05) is 27.2 Å². The summed E-state index contributed by atoms with van der Waals surface area (Å²) < 4.78 is 0. The first-order chi connectivity index (χ1) is 9.59. The van der Waals surface area contributed by atoms with Crippen molar-refractivity contribution >= 4 is 5.91 Å². The SMILES string of the molecule is CN(C)C(=O)CCCN1CCCCC1C1CCCC1O. The Labute approximate surface area is 123 Å². The summed E-state index contributed by atoms with van der Waals surface area (Å²) in [6.07, 6.45) is 8.61. The lowest BCUT2D eigenvalue weighted by molar-refractivity contribution is -0.128. The fraction of sp³-hybridized carbons (Fsp3) is 0.938. The molecule has 4 heteroatoms. The van der Waals surface area contributed by atoms with Crippen molar-refractivity contribution in [3.05, 3.63) is 0 Å². The van der Waals surface area contributed by atoms with Gasteiger partial charge in [-0.1, -0.05) is 12.8 Å². The Bertz CT molecular complexity index is 320. The Hall–Kier alpha value is -0.610. The predicted molar refractivity (Wildman–Crippen MR) is 80.5 cm³/mol. The largest absolute Gasteiger partial charge is 0.393 e. The minimum Gasteiger partial charge on any atom is -0.393 e. The van der Waals surface area contributed by atoms with Crippen LogP contribution in [0.3, 0.4) is 0 Å². The van der Waals surface area contributed by atoms with Gasteiger partial charge in [-0.2, -0.15) is 0 Å². The van der Waals surface area contributed by atoms with Crippen LogP contribution in [0.1, 0.15) is 51.4 Å². The molecule has 1 aliphatic carbocycles. The maximum absolute atomic E-state index is 11.6. The van der Waals surface area contributed by atoms with Crippen LogP contribution in [0.15, 0.2) is 0 Å². The van der Waals surface area contributed by atoms with Gasteiger partial charge in [-0.3, -0.25) is 9.69 Å². The molecule has 4 nitrogen and oxygen atoms in total. The second-order valence-electron chi connectivity index (χ2n) is 6.65. The molecule has 2 rings (SSSR count). The number of likely N-dealkylation sites (tertiary alicyclic amines) is 1. The Morgan fingerprint density at radius 3 is 2.65 bits per heavy atom. The average molecular weight is 282 g/mol. The number of carbonyl (C=O) groups excluding carboxylic acids is 1. The van der Waals surface area contributed by atoms with Gasteiger partial charge in [0.05, 0.1) is 6.10 Å². The summed E-state index contributed by atoms with van der Waals surface area (Å²) in [7, 11) is 3.64. The number of carbonyl (C=O) groups is 1. The summed E-state index contributed by atoms with van der Waals surface area (Å²) in [4.78, 5) is 15.9. The molecule has 2 aliphatic rings. The Morgan fingerprint density at radius 1 is 1.20 bits per heavy atom. The molecule has 3 atom stereocenters. The smallest absolute Gasteiger partial charge is 0.222 e.